The molecule has 106 valence electrons. The molecule has 0 radical (unpaired) electrons. The number of halogens is 1. The molecule has 0 heterocycles. The first-order valence-corrected chi connectivity index (χ1v) is 5.68. The number of nitrogens with two attached hydrogens (primary N) is 1. The van der Waals surface area contributed by atoms with Gasteiger partial charge in [-0.05, 0) is 24.7 Å². The van der Waals surface area contributed by atoms with Gasteiger partial charge in [0.15, 0.2) is 0 Å². The molecule has 3 amide bonds. The summed E-state index contributed by atoms with van der Waals surface area (Å²) in [6.07, 6.45) is 0.432. The number of primary amides is 1. The van der Waals surface area contributed by atoms with E-state index in [1.54, 1.807) is 19.2 Å². The van der Waals surface area contributed by atoms with Gasteiger partial charge in [0.05, 0.1) is 0 Å². The highest BCUT2D eigenvalue weighted by Gasteiger charge is 2.01. The fourth-order valence-electron chi connectivity index (χ4n) is 1.36. The molecule has 0 spiro atoms. The van der Waals surface area contributed by atoms with E-state index < -0.39 is 6.03 Å². The van der Waals surface area contributed by atoms with Gasteiger partial charge in [-0.25, -0.2) is 4.79 Å². The van der Waals surface area contributed by atoms with Crippen LogP contribution >= 0.6 is 12.4 Å². The van der Waals surface area contributed by atoms with Gasteiger partial charge in [-0.3, -0.25) is 4.79 Å². The second-order valence-electron chi connectivity index (χ2n) is 3.82. The van der Waals surface area contributed by atoms with Gasteiger partial charge in [0, 0.05) is 25.2 Å². The summed E-state index contributed by atoms with van der Waals surface area (Å²) in [7, 11) is 1.80. The van der Waals surface area contributed by atoms with Crippen molar-refractivity contribution in [3.63, 3.8) is 0 Å². The van der Waals surface area contributed by atoms with Crippen molar-refractivity contribution in [2.45, 2.75) is 13.0 Å². The van der Waals surface area contributed by atoms with Gasteiger partial charge in [0.25, 0.3) is 0 Å². The van der Waals surface area contributed by atoms with Crippen LogP contribution in [0.5, 0.6) is 0 Å². The van der Waals surface area contributed by atoms with Crippen molar-refractivity contribution in [3.8, 4) is 0 Å². The highest BCUT2D eigenvalue weighted by Crippen LogP contribution is 2.09. The Labute approximate surface area is 118 Å². The Morgan fingerprint density at radius 3 is 2.37 bits per heavy atom. The van der Waals surface area contributed by atoms with Crippen LogP contribution in [0.3, 0.4) is 0 Å². The number of hydrogen-bond acceptors (Lipinski definition) is 3. The van der Waals surface area contributed by atoms with Gasteiger partial charge in [-0.2, -0.15) is 0 Å². The molecule has 7 heteroatoms. The van der Waals surface area contributed by atoms with E-state index in [9.17, 15) is 9.59 Å². The van der Waals surface area contributed by atoms with Gasteiger partial charge in [-0.1, -0.05) is 12.1 Å². The number of urea groups is 1. The van der Waals surface area contributed by atoms with E-state index in [4.69, 9.17) is 5.73 Å². The smallest absolute Gasteiger partial charge is 0.312 e. The first-order chi connectivity index (χ1) is 8.61. The van der Waals surface area contributed by atoms with Crippen molar-refractivity contribution in [1.29, 1.82) is 0 Å². The molecule has 6 nitrogen and oxygen atoms in total. The number of nitrogens with one attached hydrogen (secondary N) is 3. The molecule has 5 N–H and O–H groups in total. The van der Waals surface area contributed by atoms with Crippen LogP contribution in [0.1, 0.15) is 12.0 Å². The van der Waals surface area contributed by atoms with Gasteiger partial charge >= 0.3 is 6.03 Å². The quantitative estimate of drug-likeness (QED) is 0.623. The zero-order chi connectivity index (χ0) is 13.4. The lowest BCUT2D eigenvalue weighted by molar-refractivity contribution is -0.116. The molecule has 0 aliphatic carbocycles. The number of benzene rings is 1. The van der Waals surface area contributed by atoms with Gasteiger partial charge in [0.1, 0.15) is 0 Å². The van der Waals surface area contributed by atoms with Crippen LogP contribution in [-0.4, -0.2) is 25.5 Å². The largest absolute Gasteiger partial charge is 0.352 e. The first kappa shape index (κ1) is 17.2. The fraction of sp³-hybridized carbons (Fsp3) is 0.333. The van der Waals surface area contributed by atoms with E-state index in [0.717, 1.165) is 11.3 Å². The van der Waals surface area contributed by atoms with Gasteiger partial charge in [0.2, 0.25) is 5.91 Å². The number of rotatable bonds is 6. The standard InChI is InChI=1S/C12H18N4O2.ClH/c1-14-7-6-11(17)16-10-4-2-9(3-5-10)8-15-12(13)18;/h2-5,14H,6-8H2,1H3,(H,16,17)(H3,13,15,18);1H. The lowest BCUT2D eigenvalue weighted by Crippen LogP contribution is -2.28. The van der Waals surface area contributed by atoms with E-state index >= 15 is 0 Å². The summed E-state index contributed by atoms with van der Waals surface area (Å²) in [5, 5.41) is 8.18. The second kappa shape index (κ2) is 9.18. The van der Waals surface area contributed by atoms with Crippen LogP contribution in [0.2, 0.25) is 0 Å². The van der Waals surface area contributed by atoms with E-state index in [1.807, 2.05) is 12.1 Å². The average molecular weight is 287 g/mol. The third-order valence-corrected chi connectivity index (χ3v) is 2.31. The molecule has 1 rings (SSSR count). The van der Waals surface area contributed by atoms with Crippen LogP contribution in [0.4, 0.5) is 10.5 Å². The van der Waals surface area contributed by atoms with Gasteiger partial charge < -0.3 is 21.7 Å². The molecule has 0 aromatic heterocycles. The van der Waals surface area contributed by atoms with Crippen LogP contribution in [0, 0.1) is 0 Å². The zero-order valence-electron chi connectivity index (χ0n) is 10.7. The molecular weight excluding hydrogens is 268 g/mol. The van der Waals surface area contributed by atoms with Crippen LogP contribution < -0.4 is 21.7 Å². The Morgan fingerprint density at radius 1 is 1.21 bits per heavy atom. The molecule has 0 atom stereocenters. The normalized spacial score (nSPS) is 9.32. The molecule has 19 heavy (non-hydrogen) atoms. The van der Waals surface area contributed by atoms with Crippen molar-refractivity contribution >= 4 is 30.0 Å². The number of carbonyl (C=O) groups is 2. The number of anilines is 1. The number of amides is 3. The average Bonchev–Trinajstić information content (AvgIpc) is 2.35. The minimum absolute atomic E-state index is 0. The van der Waals surface area contributed by atoms with E-state index in [-0.39, 0.29) is 18.3 Å². The molecular formula is C12H19ClN4O2. The monoisotopic (exact) mass is 286 g/mol. The summed E-state index contributed by atoms with van der Waals surface area (Å²) >= 11 is 0. The zero-order valence-corrected chi connectivity index (χ0v) is 11.5. The summed E-state index contributed by atoms with van der Waals surface area (Å²) in [6, 6.07) is 6.66. The SMILES string of the molecule is CNCCC(=O)Nc1ccc(CNC(N)=O)cc1.Cl. The van der Waals surface area contributed by atoms with E-state index in [0.29, 0.717) is 19.5 Å². The Kier molecular flexibility index (Phi) is 8.32. The van der Waals surface area contributed by atoms with E-state index in [2.05, 4.69) is 16.0 Å². The highest BCUT2D eigenvalue weighted by atomic mass is 35.5. The lowest BCUT2D eigenvalue weighted by Gasteiger charge is -2.06. The molecule has 0 saturated carbocycles. The maximum Gasteiger partial charge on any atom is 0.312 e. The summed E-state index contributed by atoms with van der Waals surface area (Å²) in [6.45, 7) is 1.02. The third-order valence-electron chi connectivity index (χ3n) is 2.31. The summed E-state index contributed by atoms with van der Waals surface area (Å²) in [5.74, 6) is -0.0349. The van der Waals surface area contributed by atoms with Crippen LogP contribution in [0.15, 0.2) is 24.3 Å². The lowest BCUT2D eigenvalue weighted by atomic mass is 10.2. The first-order valence-electron chi connectivity index (χ1n) is 5.68. The summed E-state index contributed by atoms with van der Waals surface area (Å²) in [5.41, 5.74) is 6.62. The molecule has 0 aliphatic rings. The van der Waals surface area contributed by atoms with Gasteiger partial charge in [-0.15, -0.1) is 12.4 Å². The minimum atomic E-state index is -0.556. The molecule has 0 aliphatic heterocycles. The highest BCUT2D eigenvalue weighted by molar-refractivity contribution is 5.90. The predicted molar refractivity (Wildman–Crippen MR) is 77.3 cm³/mol. The van der Waals surface area contributed by atoms with Crippen LogP contribution in [0.25, 0.3) is 0 Å². The van der Waals surface area contributed by atoms with Crippen molar-refractivity contribution < 1.29 is 9.59 Å². The van der Waals surface area contributed by atoms with Crippen LogP contribution in [-0.2, 0) is 11.3 Å². The maximum atomic E-state index is 11.4. The van der Waals surface area contributed by atoms with Crippen molar-refractivity contribution in [1.82, 2.24) is 10.6 Å². The minimum Gasteiger partial charge on any atom is -0.352 e. The molecule has 1 aromatic carbocycles. The van der Waals surface area contributed by atoms with Crippen molar-refractivity contribution in [2.75, 3.05) is 18.9 Å². The molecule has 1 aromatic rings. The third kappa shape index (κ3) is 7.28. The maximum absolute atomic E-state index is 11.4. The second-order valence-corrected chi connectivity index (χ2v) is 3.82. The molecule has 0 fully saturated rings. The Hall–Kier alpha value is -1.79. The topological polar surface area (TPSA) is 96.2 Å². The van der Waals surface area contributed by atoms with Crippen molar-refractivity contribution in [3.05, 3.63) is 29.8 Å². The number of hydrogen-bond donors (Lipinski definition) is 4. The van der Waals surface area contributed by atoms with Crippen molar-refractivity contribution in [2.24, 2.45) is 5.73 Å². The Morgan fingerprint density at radius 2 is 1.84 bits per heavy atom. The predicted octanol–water partition coefficient (Wildman–Crippen LogP) is 0.825. The van der Waals surface area contributed by atoms with E-state index in [1.165, 1.54) is 0 Å². The molecule has 0 saturated heterocycles. The Bertz CT molecular complexity index is 409. The fourth-order valence-corrected chi connectivity index (χ4v) is 1.36. The number of carbonyl (C=O) groups excluding carboxylic acids is 2. The Balaban J connectivity index is 0.00000324. The summed E-state index contributed by atoms with van der Waals surface area (Å²) in [4.78, 5) is 22.0. The summed E-state index contributed by atoms with van der Waals surface area (Å²) < 4.78 is 0. The molecule has 0 unspecified atom stereocenters. The molecule has 0 bridgehead atoms.